The van der Waals surface area contributed by atoms with E-state index in [0.717, 1.165) is 45.8 Å². The van der Waals surface area contributed by atoms with Crippen molar-refractivity contribution < 1.29 is 111 Å². The number of carboxylic acid groups (broad SMARTS) is 4. The summed E-state index contributed by atoms with van der Waals surface area (Å²) in [6, 6.07) is 17.3. The fourth-order valence-electron chi connectivity index (χ4n) is 13.1. The van der Waals surface area contributed by atoms with Gasteiger partial charge in [0.2, 0.25) is 17.7 Å². The van der Waals surface area contributed by atoms with Crippen LogP contribution in [0.4, 0.5) is 9.59 Å². The van der Waals surface area contributed by atoms with E-state index in [4.69, 9.17) is 29.8 Å². The van der Waals surface area contributed by atoms with Gasteiger partial charge in [0.25, 0.3) is 12.0 Å². The van der Waals surface area contributed by atoms with Gasteiger partial charge in [-0.05, 0) is 98.9 Å². The molecule has 1 aliphatic heterocycles. The van der Waals surface area contributed by atoms with Crippen LogP contribution >= 0.6 is 21.6 Å². The lowest BCUT2D eigenvalue weighted by Gasteiger charge is -2.26. The molecule has 5 aromatic rings. The Balaban J connectivity index is 0.851. The first-order valence-electron chi connectivity index (χ1n) is 37.3. The predicted octanol–water partition coefficient (Wildman–Crippen LogP) is 6.65. The van der Waals surface area contributed by atoms with Crippen molar-refractivity contribution in [3.05, 3.63) is 129 Å². The van der Waals surface area contributed by atoms with E-state index in [-0.39, 0.29) is 104 Å². The Morgan fingerprint density at radius 2 is 1.27 bits per heavy atom. The van der Waals surface area contributed by atoms with Crippen LogP contribution in [0.5, 0.6) is 11.5 Å². The maximum absolute atomic E-state index is 14.5. The van der Waals surface area contributed by atoms with Gasteiger partial charge < -0.3 is 81.0 Å². The largest absolute Gasteiger partial charge is 0.513 e. The molecule has 4 aromatic carbocycles. The van der Waals surface area contributed by atoms with Gasteiger partial charge in [-0.3, -0.25) is 62.4 Å². The number of nitrogens with two attached hydrogens (primary N) is 1. The van der Waals surface area contributed by atoms with Crippen LogP contribution in [0.3, 0.4) is 0 Å². The third kappa shape index (κ3) is 28.6. The van der Waals surface area contributed by atoms with Crippen LogP contribution in [0.25, 0.3) is 22.0 Å². The molecule has 34 heteroatoms. The Labute approximate surface area is 659 Å². The molecule has 0 bridgehead atoms. The summed E-state index contributed by atoms with van der Waals surface area (Å²) in [6.45, 7) is 6.58. The van der Waals surface area contributed by atoms with Crippen LogP contribution in [0.2, 0.25) is 0 Å². The number of morpholine rings is 1. The number of carbonyl (C=O) groups is 14. The number of amides is 5. The highest BCUT2D eigenvalue weighted by Gasteiger charge is 2.37. The lowest BCUT2D eigenvalue weighted by molar-refractivity contribution is -0.144. The number of Topliss-reactive ketones (excluding diaryl/α,β-unsaturated/α-hetero) is 3. The Hall–Kier alpha value is -10.6. The minimum atomic E-state index is -1.74. The van der Waals surface area contributed by atoms with E-state index in [1.807, 2.05) is 6.92 Å². The van der Waals surface area contributed by atoms with Gasteiger partial charge in [0, 0.05) is 111 Å². The number of unbranched alkanes of at least 4 members (excludes halogenated alkanes) is 5. The minimum Gasteiger partial charge on any atom is -0.496 e. The molecule has 1 aromatic heterocycles. The number of urea groups is 1. The Bertz CT molecular complexity index is 4270. The van der Waals surface area contributed by atoms with Crippen molar-refractivity contribution in [2.24, 2.45) is 17.6 Å². The first-order chi connectivity index (χ1) is 54.1. The molecule has 11 N–H and O–H groups in total. The molecule has 113 heavy (non-hydrogen) atoms. The van der Waals surface area contributed by atoms with Crippen LogP contribution in [0.1, 0.15) is 141 Å². The van der Waals surface area contributed by atoms with Crippen molar-refractivity contribution in [3.63, 3.8) is 0 Å². The third-order valence-electron chi connectivity index (χ3n) is 19.1. The summed E-state index contributed by atoms with van der Waals surface area (Å²) in [6.07, 6.45) is -0.867. The van der Waals surface area contributed by atoms with Crippen molar-refractivity contribution in [1.82, 2.24) is 36.1 Å². The van der Waals surface area contributed by atoms with Gasteiger partial charge in [0.05, 0.1) is 62.4 Å². The van der Waals surface area contributed by atoms with Gasteiger partial charge in [-0.15, -0.1) is 0 Å². The van der Waals surface area contributed by atoms with E-state index in [0.29, 0.717) is 116 Å². The number of carboxylic acids is 4. The van der Waals surface area contributed by atoms with E-state index in [9.17, 15) is 87.2 Å². The van der Waals surface area contributed by atoms with Gasteiger partial charge in [0.1, 0.15) is 36.0 Å². The van der Waals surface area contributed by atoms with Crippen molar-refractivity contribution in [2.75, 3.05) is 64.6 Å². The summed E-state index contributed by atoms with van der Waals surface area (Å²) in [4.78, 5) is 197. The van der Waals surface area contributed by atoms with Gasteiger partial charge >= 0.3 is 36.1 Å². The van der Waals surface area contributed by atoms with E-state index < -0.39 is 133 Å². The average molecular weight is 1610 g/mol. The summed E-state index contributed by atoms with van der Waals surface area (Å²) >= 11 is 0. The van der Waals surface area contributed by atoms with Crippen LogP contribution in [0, 0.1) is 25.7 Å². The Morgan fingerprint density at radius 1 is 0.619 bits per heavy atom. The fourth-order valence-corrected chi connectivity index (χ4v) is 15.2. The van der Waals surface area contributed by atoms with Crippen molar-refractivity contribution >= 4 is 116 Å². The third-order valence-corrected chi connectivity index (χ3v) is 21.6. The number of ether oxygens (including phenoxy) is 5. The standard InChI is InChI=1S/C79H98N8O24S2/c1-47-36-57-54(41-64(47)107-3)70-71(87(75(57)100)28-16-27-86-29-31-108-32-30-86)55-35-48(2)65(42-56(55)72(70)97)111-79(106)109-33-34-112-113-45-52(76(101)102)40-63(91)61(43-69(95)96)83-74(99)58(80)44-81-73(98)51(37-49-17-10-8-11-18-49)39-62(90)60(38-50-19-12-9-13-20-50)82-66(92)22-15-7-5-4-6-14-21-53(89)23-24-59(77(103)104)84-78(105)85-67(110-46-88)25-26-68(93)94/h8-13,17-20,35-36,41-42,46,51-52,58-61,67H,4-7,14-16,21-34,37-40,43-45,80H2,1-3H3,(H,81,98)(H,82,92)(H,83,99)(H,93,94)(H,95,96)(H,101,102)(H,103,104)(H2,84,85,105)/t51-,52+,58+,59+,60+,61+,67-/m1/s1. The number of aryl methyl sites for hydroxylation is 2. The number of rotatable bonds is 51. The van der Waals surface area contributed by atoms with Gasteiger partial charge in [-0.2, -0.15) is 0 Å². The molecule has 1 saturated heterocycles. The van der Waals surface area contributed by atoms with E-state index in [1.54, 1.807) is 90.4 Å². The molecule has 0 unspecified atom stereocenters. The highest BCUT2D eigenvalue weighted by Crippen LogP contribution is 2.43. The number of aromatic nitrogens is 1. The molecule has 2 heterocycles. The molecule has 610 valence electrons. The quantitative estimate of drug-likeness (QED) is 0.00477. The summed E-state index contributed by atoms with van der Waals surface area (Å²) in [5, 5.41) is 51.4. The van der Waals surface area contributed by atoms with Crippen molar-refractivity contribution in [3.8, 4) is 22.8 Å². The Kier molecular flexibility index (Phi) is 36.4. The van der Waals surface area contributed by atoms with Gasteiger partial charge in [0.15, 0.2) is 23.6 Å². The molecule has 32 nitrogen and oxygen atoms in total. The normalized spacial score (nSPS) is 14.2. The zero-order valence-electron chi connectivity index (χ0n) is 63.2. The first-order valence-corrected chi connectivity index (χ1v) is 39.8. The average Bonchev–Trinajstić information content (AvgIpc) is 1.57. The van der Waals surface area contributed by atoms with Crippen LogP contribution in [-0.2, 0) is 86.3 Å². The van der Waals surface area contributed by atoms with E-state index in [2.05, 4.69) is 36.2 Å². The lowest BCUT2D eigenvalue weighted by Crippen LogP contribution is -2.53. The van der Waals surface area contributed by atoms with Crippen molar-refractivity contribution in [1.29, 1.82) is 0 Å². The number of hydrogen-bond donors (Lipinski definition) is 10. The number of ketones is 4. The van der Waals surface area contributed by atoms with Crippen molar-refractivity contribution in [2.45, 2.75) is 166 Å². The van der Waals surface area contributed by atoms with Crippen LogP contribution in [0.15, 0.2) is 89.7 Å². The van der Waals surface area contributed by atoms with E-state index in [1.165, 1.54) is 13.2 Å². The zero-order chi connectivity index (χ0) is 82.1. The van der Waals surface area contributed by atoms with Gasteiger partial charge in [-0.25, -0.2) is 14.4 Å². The number of nitrogens with one attached hydrogen (secondary N) is 5. The molecule has 1 fully saturated rings. The molecule has 5 amide bonds. The number of benzene rings is 4. The first kappa shape index (κ1) is 89.7. The topological polar surface area (TPSA) is 477 Å². The molecule has 0 radical (unpaired) electrons. The molecule has 7 atom stereocenters. The summed E-state index contributed by atoms with van der Waals surface area (Å²) < 4.78 is 28.3. The monoisotopic (exact) mass is 1610 g/mol. The Morgan fingerprint density at radius 3 is 1.91 bits per heavy atom. The predicted molar refractivity (Wildman–Crippen MR) is 415 cm³/mol. The maximum Gasteiger partial charge on any atom is 0.513 e. The number of fused-ring (bicyclic) bond motifs is 5. The highest BCUT2D eigenvalue weighted by molar-refractivity contribution is 8.76. The summed E-state index contributed by atoms with van der Waals surface area (Å²) in [5.74, 6) is -11.7. The summed E-state index contributed by atoms with van der Waals surface area (Å²) in [5.41, 5.74) is 10.1. The zero-order valence-corrected chi connectivity index (χ0v) is 64.9. The number of nitrogens with zero attached hydrogens (tertiary/aromatic N) is 2. The fraction of sp³-hybridized carbons (Fsp3) is 0.481. The maximum atomic E-state index is 14.5. The molecule has 0 spiro atoms. The number of carbonyl (C=O) groups excluding carboxylic acids is 10. The molecular formula is C79H98N8O24S2. The molecule has 7 rings (SSSR count). The molecule has 2 aliphatic rings. The molecule has 0 saturated carbocycles. The SMILES string of the molecule is COc1cc2c3c(n(CCCN4CCOCC4)c(=O)c2cc1C)-c1cc(C)c(OC(=O)OCCSSC[C@H](CC(=O)[C@H](CC(=O)O)NC(=O)[C@@H](N)CNC(=O)[C@@H](CC(=O)[C@H](Cc2ccccc2)NC(=O)CCCCCCCCC(=O)CC[C@H](NC(=O)N[C@@H](CCC(=O)O)OC=O)C(=O)O)Cc2ccccc2)C(=O)O)cc1C3=O. The lowest BCUT2D eigenvalue weighted by atomic mass is 9.89. The number of hydrogen-bond acceptors (Lipinski definition) is 24. The minimum absolute atomic E-state index is 0.00879. The van der Waals surface area contributed by atoms with Crippen LogP contribution < -0.4 is 47.4 Å². The number of methoxy groups -OCH3 is 1. The molecular weight excluding hydrogens is 1510 g/mol. The molecule has 1 aliphatic carbocycles. The second kappa shape index (κ2) is 45.8. The van der Waals surface area contributed by atoms with Crippen LogP contribution in [-0.4, -0.2) is 208 Å². The smallest absolute Gasteiger partial charge is 0.496 e. The number of aliphatic carboxylic acids is 4. The van der Waals surface area contributed by atoms with E-state index >= 15 is 0 Å². The second-order valence-corrected chi connectivity index (χ2v) is 30.2. The summed E-state index contributed by atoms with van der Waals surface area (Å²) in [7, 11) is 3.64. The number of pyridine rings is 1. The second-order valence-electron chi connectivity index (χ2n) is 27.6. The highest BCUT2D eigenvalue weighted by atomic mass is 33.1. The van der Waals surface area contributed by atoms with Gasteiger partial charge in [-0.1, -0.05) is 108 Å².